The van der Waals surface area contributed by atoms with E-state index in [9.17, 15) is 4.79 Å². The van der Waals surface area contributed by atoms with Crippen molar-refractivity contribution in [3.63, 3.8) is 0 Å². The van der Waals surface area contributed by atoms with Crippen LogP contribution >= 0.6 is 11.6 Å². The van der Waals surface area contributed by atoms with Gasteiger partial charge in [-0.25, -0.2) is 9.97 Å². The first kappa shape index (κ1) is 19.1. The van der Waals surface area contributed by atoms with Crippen molar-refractivity contribution < 1.29 is 4.79 Å². The van der Waals surface area contributed by atoms with Crippen molar-refractivity contribution in [1.82, 2.24) is 20.2 Å². The van der Waals surface area contributed by atoms with E-state index in [0.29, 0.717) is 23.1 Å². The molecule has 1 heterocycles. The summed E-state index contributed by atoms with van der Waals surface area (Å²) < 4.78 is 0. The summed E-state index contributed by atoms with van der Waals surface area (Å²) in [5.74, 6) is 0.462. The second kappa shape index (κ2) is 9.96. The number of amides is 1. The maximum Gasteiger partial charge on any atom is 0.270 e. The van der Waals surface area contributed by atoms with Crippen molar-refractivity contribution in [2.24, 2.45) is 0 Å². The molecule has 1 amide bonds. The van der Waals surface area contributed by atoms with Gasteiger partial charge in [0.25, 0.3) is 5.91 Å². The van der Waals surface area contributed by atoms with Crippen LogP contribution in [0.4, 0.5) is 5.82 Å². The van der Waals surface area contributed by atoms with Gasteiger partial charge in [-0.1, -0.05) is 23.7 Å². The molecule has 25 heavy (non-hydrogen) atoms. The van der Waals surface area contributed by atoms with Crippen LogP contribution in [0.1, 0.15) is 22.5 Å². The minimum absolute atomic E-state index is 0.201. The largest absolute Gasteiger partial charge is 0.370 e. The van der Waals surface area contributed by atoms with E-state index < -0.39 is 0 Å². The molecule has 0 saturated heterocycles. The van der Waals surface area contributed by atoms with Crippen molar-refractivity contribution in [2.45, 2.75) is 12.8 Å². The summed E-state index contributed by atoms with van der Waals surface area (Å²) in [6.45, 7) is 2.33. The van der Waals surface area contributed by atoms with Gasteiger partial charge in [-0.3, -0.25) is 4.79 Å². The molecule has 134 valence electrons. The molecule has 1 aromatic carbocycles. The smallest absolute Gasteiger partial charge is 0.270 e. The number of aromatic nitrogens is 2. The van der Waals surface area contributed by atoms with E-state index in [1.807, 2.05) is 38.4 Å². The predicted octanol–water partition coefficient (Wildman–Crippen LogP) is 2.47. The first-order chi connectivity index (χ1) is 12.0. The number of benzene rings is 1. The summed E-state index contributed by atoms with van der Waals surface area (Å²) in [7, 11) is 4.08. The van der Waals surface area contributed by atoms with Gasteiger partial charge in [0, 0.05) is 24.2 Å². The molecule has 0 unspecified atom stereocenters. The third-order valence-electron chi connectivity index (χ3n) is 3.60. The van der Waals surface area contributed by atoms with Crippen molar-refractivity contribution in [2.75, 3.05) is 39.0 Å². The van der Waals surface area contributed by atoms with E-state index in [2.05, 4.69) is 25.5 Å². The van der Waals surface area contributed by atoms with Gasteiger partial charge in [0.2, 0.25) is 0 Å². The predicted molar refractivity (Wildman–Crippen MR) is 101 cm³/mol. The first-order valence-corrected chi connectivity index (χ1v) is 8.65. The summed E-state index contributed by atoms with van der Waals surface area (Å²) in [6, 6.07) is 9.27. The molecule has 6 nitrogen and oxygen atoms in total. The fraction of sp³-hybridized carbons (Fsp3) is 0.389. The molecule has 0 saturated carbocycles. The Balaban J connectivity index is 1.78. The van der Waals surface area contributed by atoms with Crippen molar-refractivity contribution >= 4 is 23.3 Å². The highest BCUT2D eigenvalue weighted by Gasteiger charge is 2.08. The topological polar surface area (TPSA) is 70.2 Å². The number of anilines is 1. The number of hydrogen-bond acceptors (Lipinski definition) is 5. The third-order valence-corrected chi connectivity index (χ3v) is 3.85. The van der Waals surface area contributed by atoms with Crippen LogP contribution in [0.25, 0.3) is 0 Å². The van der Waals surface area contributed by atoms with Crippen molar-refractivity contribution in [1.29, 1.82) is 0 Å². The van der Waals surface area contributed by atoms with Crippen LogP contribution in [-0.4, -0.2) is 54.5 Å². The highest BCUT2D eigenvalue weighted by Crippen LogP contribution is 2.09. The van der Waals surface area contributed by atoms with Gasteiger partial charge in [-0.15, -0.1) is 0 Å². The lowest BCUT2D eigenvalue weighted by Gasteiger charge is -2.10. The minimum Gasteiger partial charge on any atom is -0.370 e. The van der Waals surface area contributed by atoms with Gasteiger partial charge in [-0.05, 0) is 51.2 Å². The second-order valence-corrected chi connectivity index (χ2v) is 6.44. The molecule has 7 heteroatoms. The molecule has 2 aromatic rings. The van der Waals surface area contributed by atoms with Crippen LogP contribution in [0.15, 0.2) is 36.7 Å². The summed E-state index contributed by atoms with van der Waals surface area (Å²) in [5.41, 5.74) is 1.48. The molecule has 2 N–H and O–H groups in total. The molecule has 0 fully saturated rings. The van der Waals surface area contributed by atoms with E-state index in [1.54, 1.807) is 6.07 Å². The molecule has 2 rings (SSSR count). The zero-order chi connectivity index (χ0) is 18.1. The Morgan fingerprint density at radius 3 is 2.64 bits per heavy atom. The highest BCUT2D eigenvalue weighted by atomic mass is 35.5. The molecule has 0 bridgehead atoms. The molecule has 0 aliphatic rings. The lowest BCUT2D eigenvalue weighted by molar-refractivity contribution is 0.0949. The van der Waals surface area contributed by atoms with E-state index in [0.717, 1.165) is 31.5 Å². The van der Waals surface area contributed by atoms with Gasteiger partial charge in [-0.2, -0.15) is 0 Å². The van der Waals surface area contributed by atoms with E-state index >= 15 is 0 Å². The van der Waals surface area contributed by atoms with E-state index in [1.165, 1.54) is 6.33 Å². The molecule has 0 aliphatic heterocycles. The lowest BCUT2D eigenvalue weighted by atomic mass is 10.1. The van der Waals surface area contributed by atoms with Crippen LogP contribution in [0.3, 0.4) is 0 Å². The SMILES string of the molecule is CN(C)CCCNc1cc(C(=O)NCCc2ccc(Cl)cc2)ncn1. The number of nitrogens with zero attached hydrogens (tertiary/aromatic N) is 3. The fourth-order valence-electron chi connectivity index (χ4n) is 2.25. The molecule has 0 radical (unpaired) electrons. The lowest BCUT2D eigenvalue weighted by Crippen LogP contribution is -2.26. The molecular weight excluding hydrogens is 338 g/mol. The standard InChI is InChI=1S/C18H24ClN5O/c1-24(2)11-3-9-20-17-12-16(22-13-23-17)18(25)21-10-8-14-4-6-15(19)7-5-14/h4-7,12-13H,3,8-11H2,1-2H3,(H,21,25)(H,20,22,23). The Morgan fingerprint density at radius 1 is 1.16 bits per heavy atom. The molecular formula is C18H24ClN5O. The van der Waals surface area contributed by atoms with E-state index in [4.69, 9.17) is 11.6 Å². The zero-order valence-corrected chi connectivity index (χ0v) is 15.4. The number of halogens is 1. The quantitative estimate of drug-likeness (QED) is 0.671. The van der Waals surface area contributed by atoms with Crippen molar-refractivity contribution in [3.8, 4) is 0 Å². The molecule has 0 atom stereocenters. The maximum atomic E-state index is 12.2. The Bertz CT molecular complexity index is 675. The third kappa shape index (κ3) is 7.07. The number of carbonyl (C=O) groups excluding carboxylic acids is 1. The van der Waals surface area contributed by atoms with Gasteiger partial charge < -0.3 is 15.5 Å². The van der Waals surface area contributed by atoms with Crippen molar-refractivity contribution in [3.05, 3.63) is 52.9 Å². The monoisotopic (exact) mass is 361 g/mol. The van der Waals surface area contributed by atoms with Gasteiger partial charge >= 0.3 is 0 Å². The number of nitrogens with one attached hydrogen (secondary N) is 2. The van der Waals surface area contributed by atoms with Crippen LogP contribution in [0, 0.1) is 0 Å². The summed E-state index contributed by atoms with van der Waals surface area (Å²) in [5, 5.41) is 6.79. The Hall–Kier alpha value is -2.18. The fourth-order valence-corrected chi connectivity index (χ4v) is 2.38. The molecule has 0 spiro atoms. The molecule has 1 aromatic heterocycles. The van der Waals surface area contributed by atoms with Crippen LogP contribution < -0.4 is 10.6 Å². The van der Waals surface area contributed by atoms with Crippen LogP contribution in [0.5, 0.6) is 0 Å². The van der Waals surface area contributed by atoms with Crippen LogP contribution in [-0.2, 0) is 6.42 Å². The zero-order valence-electron chi connectivity index (χ0n) is 14.6. The Kier molecular flexibility index (Phi) is 7.63. The number of rotatable bonds is 9. The summed E-state index contributed by atoms with van der Waals surface area (Å²) in [6.07, 6.45) is 3.14. The van der Waals surface area contributed by atoms with Gasteiger partial charge in [0.1, 0.15) is 17.8 Å². The Labute approximate surface area is 153 Å². The normalized spacial score (nSPS) is 10.7. The van der Waals surface area contributed by atoms with Gasteiger partial charge in [0.05, 0.1) is 0 Å². The number of hydrogen-bond donors (Lipinski definition) is 2. The highest BCUT2D eigenvalue weighted by molar-refractivity contribution is 6.30. The minimum atomic E-state index is -0.201. The number of carbonyl (C=O) groups is 1. The van der Waals surface area contributed by atoms with Crippen LogP contribution in [0.2, 0.25) is 5.02 Å². The average Bonchev–Trinajstić information content (AvgIpc) is 2.60. The van der Waals surface area contributed by atoms with Gasteiger partial charge in [0.15, 0.2) is 0 Å². The average molecular weight is 362 g/mol. The summed E-state index contributed by atoms with van der Waals surface area (Å²) in [4.78, 5) is 22.5. The van der Waals surface area contributed by atoms with E-state index in [-0.39, 0.29) is 5.91 Å². The molecule has 0 aliphatic carbocycles. The summed E-state index contributed by atoms with van der Waals surface area (Å²) >= 11 is 5.86. The first-order valence-electron chi connectivity index (χ1n) is 8.28. The maximum absolute atomic E-state index is 12.2. The Morgan fingerprint density at radius 2 is 1.92 bits per heavy atom. The second-order valence-electron chi connectivity index (χ2n) is 6.00.